The largest absolute Gasteiger partial charge is 0.484 e. The first kappa shape index (κ1) is 19.0. The third-order valence-corrected chi connectivity index (χ3v) is 4.85. The van der Waals surface area contributed by atoms with E-state index in [9.17, 15) is 4.79 Å². The lowest BCUT2D eigenvalue weighted by molar-refractivity contribution is -0.123. The van der Waals surface area contributed by atoms with Crippen LogP contribution in [0.5, 0.6) is 5.75 Å². The predicted molar refractivity (Wildman–Crippen MR) is 116 cm³/mol. The molecule has 1 saturated carbocycles. The summed E-state index contributed by atoms with van der Waals surface area (Å²) < 4.78 is 5.64. The standard InChI is InChI=1S/C22H21N7O2/c1-13-24-21(14-3-2-4-18(10-14)31-12-20(30)26-16-5-6-16)28-22(25-13)27-17-7-8-19-15(9-17)11-23-29-19/h2-4,7-11,16H,5-6,12H2,1H3,(H,23,29)(H,26,30)(H,24,25,27,28). The molecule has 0 aliphatic heterocycles. The van der Waals surface area contributed by atoms with Crippen LogP contribution in [0.1, 0.15) is 18.7 Å². The predicted octanol–water partition coefficient (Wildman–Crippen LogP) is 3.12. The highest BCUT2D eigenvalue weighted by Crippen LogP contribution is 2.24. The van der Waals surface area contributed by atoms with Crippen molar-refractivity contribution in [1.82, 2.24) is 30.5 Å². The van der Waals surface area contributed by atoms with Gasteiger partial charge >= 0.3 is 0 Å². The lowest BCUT2D eigenvalue weighted by Crippen LogP contribution is -2.30. The first-order chi connectivity index (χ1) is 15.1. The van der Waals surface area contributed by atoms with E-state index in [1.54, 1.807) is 12.3 Å². The number of ether oxygens (including phenoxy) is 1. The molecule has 1 aliphatic carbocycles. The number of benzene rings is 2. The average Bonchev–Trinajstić information content (AvgIpc) is 3.45. The van der Waals surface area contributed by atoms with Crippen LogP contribution in [0, 0.1) is 6.92 Å². The molecule has 9 nitrogen and oxygen atoms in total. The summed E-state index contributed by atoms with van der Waals surface area (Å²) in [7, 11) is 0. The lowest BCUT2D eigenvalue weighted by Gasteiger charge is -2.10. The summed E-state index contributed by atoms with van der Waals surface area (Å²) in [4.78, 5) is 25.3. The molecule has 2 aromatic carbocycles. The Kier molecular flexibility index (Phi) is 4.91. The highest BCUT2D eigenvalue weighted by atomic mass is 16.5. The van der Waals surface area contributed by atoms with Gasteiger partial charge in [-0.3, -0.25) is 9.89 Å². The fraction of sp³-hybridized carbons (Fsp3) is 0.227. The number of hydrogen-bond donors (Lipinski definition) is 3. The number of amides is 1. The van der Waals surface area contributed by atoms with E-state index in [-0.39, 0.29) is 12.5 Å². The number of aryl methyl sites for hydroxylation is 1. The van der Waals surface area contributed by atoms with E-state index in [1.165, 1.54) is 0 Å². The van der Waals surface area contributed by atoms with E-state index in [4.69, 9.17) is 4.74 Å². The Morgan fingerprint density at radius 3 is 2.94 bits per heavy atom. The maximum Gasteiger partial charge on any atom is 0.258 e. The van der Waals surface area contributed by atoms with E-state index in [0.717, 1.165) is 35.0 Å². The quantitative estimate of drug-likeness (QED) is 0.424. The van der Waals surface area contributed by atoms with Gasteiger partial charge in [0.2, 0.25) is 5.95 Å². The molecule has 1 amide bonds. The smallest absolute Gasteiger partial charge is 0.258 e. The second kappa shape index (κ2) is 8.02. The highest BCUT2D eigenvalue weighted by Gasteiger charge is 2.23. The molecular weight excluding hydrogens is 394 g/mol. The summed E-state index contributed by atoms with van der Waals surface area (Å²) in [6.45, 7) is 1.80. The monoisotopic (exact) mass is 415 g/mol. The van der Waals surface area contributed by atoms with E-state index in [0.29, 0.717) is 29.4 Å². The van der Waals surface area contributed by atoms with Crippen molar-refractivity contribution in [3.8, 4) is 17.1 Å². The zero-order valence-electron chi connectivity index (χ0n) is 16.9. The van der Waals surface area contributed by atoms with Crippen molar-refractivity contribution < 1.29 is 9.53 Å². The van der Waals surface area contributed by atoms with Crippen LogP contribution in [0.4, 0.5) is 11.6 Å². The molecule has 2 heterocycles. The van der Waals surface area contributed by atoms with Crippen molar-refractivity contribution in [2.75, 3.05) is 11.9 Å². The fourth-order valence-corrected chi connectivity index (χ4v) is 3.19. The second-order valence-electron chi connectivity index (χ2n) is 7.49. The van der Waals surface area contributed by atoms with Crippen LogP contribution in [0.25, 0.3) is 22.3 Å². The number of anilines is 2. The van der Waals surface area contributed by atoms with Crippen molar-refractivity contribution in [2.24, 2.45) is 0 Å². The van der Waals surface area contributed by atoms with Crippen molar-refractivity contribution in [2.45, 2.75) is 25.8 Å². The summed E-state index contributed by atoms with van der Waals surface area (Å²) >= 11 is 0. The number of hydrogen-bond acceptors (Lipinski definition) is 7. The van der Waals surface area contributed by atoms with Gasteiger partial charge in [0.25, 0.3) is 5.91 Å². The maximum atomic E-state index is 11.9. The molecule has 1 aliphatic rings. The van der Waals surface area contributed by atoms with E-state index >= 15 is 0 Å². The molecule has 0 spiro atoms. The SMILES string of the molecule is Cc1nc(Nc2ccc3[nH]ncc3c2)nc(-c2cccc(OCC(=O)NC3CC3)c2)n1. The number of aromatic nitrogens is 5. The molecule has 156 valence electrons. The number of nitrogens with zero attached hydrogens (tertiary/aromatic N) is 4. The van der Waals surface area contributed by atoms with Crippen LogP contribution < -0.4 is 15.4 Å². The minimum atomic E-state index is -0.106. The Bertz CT molecular complexity index is 1250. The summed E-state index contributed by atoms with van der Waals surface area (Å²) in [5, 5.41) is 14.1. The number of fused-ring (bicyclic) bond motifs is 1. The van der Waals surface area contributed by atoms with Gasteiger partial charge in [-0.1, -0.05) is 12.1 Å². The van der Waals surface area contributed by atoms with Crippen molar-refractivity contribution in [3.05, 3.63) is 54.5 Å². The normalized spacial score (nSPS) is 13.2. The van der Waals surface area contributed by atoms with Crippen LogP contribution in [0.15, 0.2) is 48.7 Å². The van der Waals surface area contributed by atoms with Gasteiger partial charge in [0.15, 0.2) is 12.4 Å². The number of carbonyl (C=O) groups excluding carboxylic acids is 1. The molecule has 9 heteroatoms. The molecule has 0 atom stereocenters. The van der Waals surface area contributed by atoms with Gasteiger partial charge in [-0.2, -0.15) is 15.1 Å². The summed E-state index contributed by atoms with van der Waals surface area (Å²) in [6, 6.07) is 13.5. The molecule has 0 unspecified atom stereocenters. The van der Waals surface area contributed by atoms with Gasteiger partial charge in [0.1, 0.15) is 11.6 Å². The van der Waals surface area contributed by atoms with Gasteiger partial charge in [0.05, 0.1) is 11.7 Å². The number of aromatic amines is 1. The minimum Gasteiger partial charge on any atom is -0.484 e. The number of rotatable bonds is 7. The van der Waals surface area contributed by atoms with Crippen molar-refractivity contribution in [1.29, 1.82) is 0 Å². The van der Waals surface area contributed by atoms with Crippen LogP contribution in [-0.4, -0.2) is 43.7 Å². The van der Waals surface area contributed by atoms with Crippen LogP contribution >= 0.6 is 0 Å². The Balaban J connectivity index is 1.33. The van der Waals surface area contributed by atoms with E-state index in [1.807, 2.05) is 43.3 Å². The number of nitrogens with one attached hydrogen (secondary N) is 3. The van der Waals surface area contributed by atoms with E-state index < -0.39 is 0 Å². The average molecular weight is 415 g/mol. The molecular formula is C22H21N7O2. The fourth-order valence-electron chi connectivity index (χ4n) is 3.19. The molecule has 5 rings (SSSR count). The van der Waals surface area contributed by atoms with Crippen molar-refractivity contribution in [3.63, 3.8) is 0 Å². The Labute approximate surface area is 178 Å². The van der Waals surface area contributed by atoms with Crippen molar-refractivity contribution >= 4 is 28.4 Å². The first-order valence-corrected chi connectivity index (χ1v) is 10.1. The Morgan fingerprint density at radius 2 is 2.06 bits per heavy atom. The minimum absolute atomic E-state index is 0.0144. The van der Waals surface area contributed by atoms with Crippen LogP contribution in [-0.2, 0) is 4.79 Å². The molecule has 31 heavy (non-hydrogen) atoms. The molecule has 0 radical (unpaired) electrons. The summed E-state index contributed by atoms with van der Waals surface area (Å²) in [6.07, 6.45) is 3.86. The lowest BCUT2D eigenvalue weighted by atomic mass is 10.2. The molecule has 1 fully saturated rings. The number of H-pyrrole nitrogens is 1. The first-order valence-electron chi connectivity index (χ1n) is 10.1. The zero-order chi connectivity index (χ0) is 21.2. The molecule has 2 aromatic heterocycles. The number of carbonyl (C=O) groups is 1. The Morgan fingerprint density at radius 1 is 1.16 bits per heavy atom. The topological polar surface area (TPSA) is 118 Å². The van der Waals surface area contributed by atoms with Crippen LogP contribution in [0.3, 0.4) is 0 Å². The van der Waals surface area contributed by atoms with Gasteiger partial charge in [-0.25, -0.2) is 4.98 Å². The molecule has 4 aromatic rings. The molecule has 3 N–H and O–H groups in total. The third-order valence-electron chi connectivity index (χ3n) is 4.85. The maximum absolute atomic E-state index is 11.9. The van der Waals surface area contributed by atoms with Gasteiger partial charge in [0, 0.05) is 22.7 Å². The van der Waals surface area contributed by atoms with Gasteiger partial charge in [-0.05, 0) is 50.1 Å². The Hall–Kier alpha value is -4.01. The van der Waals surface area contributed by atoms with Crippen LogP contribution in [0.2, 0.25) is 0 Å². The molecule has 0 saturated heterocycles. The van der Waals surface area contributed by atoms with E-state index in [2.05, 4.69) is 35.8 Å². The third kappa shape index (κ3) is 4.61. The highest BCUT2D eigenvalue weighted by molar-refractivity contribution is 5.82. The van der Waals surface area contributed by atoms with Gasteiger partial charge in [-0.15, -0.1) is 0 Å². The zero-order valence-corrected chi connectivity index (χ0v) is 16.9. The van der Waals surface area contributed by atoms with Gasteiger partial charge < -0.3 is 15.4 Å². The summed E-state index contributed by atoms with van der Waals surface area (Å²) in [5.41, 5.74) is 2.59. The summed E-state index contributed by atoms with van der Waals surface area (Å²) in [5.74, 6) is 2.03. The molecule has 0 bridgehead atoms. The second-order valence-corrected chi connectivity index (χ2v) is 7.49.